The second-order valence-electron chi connectivity index (χ2n) is 18.8. The Morgan fingerprint density at radius 2 is 0.932 bits per heavy atom. The van der Waals surface area contributed by atoms with E-state index >= 15 is 0 Å². The Morgan fingerprint density at radius 1 is 0.568 bits per heavy atom. The highest BCUT2D eigenvalue weighted by Gasteiger charge is 2.30. The molecular weight excluding hydrogens is 951 g/mol. The first kappa shape index (κ1) is 50.8. The molecule has 18 nitrogen and oxygen atoms in total. The summed E-state index contributed by atoms with van der Waals surface area (Å²) in [6, 6.07) is 23.4. The van der Waals surface area contributed by atoms with E-state index in [-0.39, 0.29) is 46.7 Å². The second-order valence-corrected chi connectivity index (χ2v) is 18.8. The fourth-order valence-electron chi connectivity index (χ4n) is 10.3. The lowest BCUT2D eigenvalue weighted by atomic mass is 10.1. The number of aromatic nitrogens is 8. The number of nitrogens with zero attached hydrogens (tertiary/aromatic N) is 12. The maximum Gasteiger partial charge on any atom is 0.274 e. The third-order valence-electron chi connectivity index (χ3n) is 14.3. The number of hydrogen-bond acceptors (Lipinski definition) is 12. The van der Waals surface area contributed by atoms with Gasteiger partial charge in [0.2, 0.25) is 23.7 Å². The summed E-state index contributed by atoms with van der Waals surface area (Å²) in [5.74, 6) is -0.0548. The first-order valence-corrected chi connectivity index (χ1v) is 24.5. The van der Waals surface area contributed by atoms with Gasteiger partial charge >= 0.3 is 0 Å². The van der Waals surface area contributed by atoms with Crippen molar-refractivity contribution in [1.82, 2.24) is 48.5 Å². The molecule has 74 heavy (non-hydrogen) atoms. The average Bonchev–Trinajstić information content (AvgIpc) is 3.83. The maximum absolute atomic E-state index is 14.6. The van der Waals surface area contributed by atoms with Gasteiger partial charge in [-0.25, -0.2) is 28.7 Å². The summed E-state index contributed by atoms with van der Waals surface area (Å²) in [4.78, 5) is 75.2. The van der Waals surface area contributed by atoms with Gasteiger partial charge in [-0.3, -0.25) is 37.9 Å². The van der Waals surface area contributed by atoms with Crippen LogP contribution in [0.1, 0.15) is 50.9 Å². The van der Waals surface area contributed by atoms with E-state index in [1.165, 1.54) is 21.5 Å². The molecule has 4 atom stereocenters. The van der Waals surface area contributed by atoms with Crippen LogP contribution >= 0.6 is 0 Å². The maximum atomic E-state index is 14.6. The summed E-state index contributed by atoms with van der Waals surface area (Å²) in [7, 11) is 3.37. The normalized spacial score (nSPS) is 16.8. The summed E-state index contributed by atoms with van der Waals surface area (Å²) in [6.45, 7) is 9.91. The monoisotopic (exact) mass is 1010 g/mol. The number of fused-ring (bicyclic) bond motifs is 2. The van der Waals surface area contributed by atoms with Crippen molar-refractivity contribution in [3.63, 3.8) is 0 Å². The standard InChI is InChI=1S/2C27H29FN6O3/c2*1-17-15-32(10-11-33(17)25(36)16-35)27-29-13-20(14-30-27)19-8-9-22-24(12-19)34(31(3)26(22)37)18(2)21-6-4-5-7-23(21)28/h2*4-9,12-14,17-18,35H,10-11,15-16H2,1-3H3/t17-,18?;17-,18-/m11/s1. The molecule has 20 heteroatoms. The number of hydrogen-bond donors (Lipinski definition) is 2. The highest BCUT2D eigenvalue weighted by Crippen LogP contribution is 2.31. The SMILES string of the molecule is CC(c1ccccc1F)n1c2cc(-c3cnc(N4CCN(C(=O)CO)[C@H](C)C4)nc3)ccc2c(=O)n1C.C[C@@H]1CN(c2ncc(-c3ccc4c(=O)n(C)n([C@H](C)c5ccccc5F)c4c3)cn2)CCN1C(=O)CO. The molecule has 2 amide bonds. The Labute approximate surface area is 424 Å². The van der Waals surface area contributed by atoms with Crippen LogP contribution < -0.4 is 20.9 Å². The number of benzene rings is 4. The number of piperazine rings is 2. The van der Waals surface area contributed by atoms with Crippen molar-refractivity contribution in [3.8, 4) is 22.3 Å². The number of amides is 2. The van der Waals surface area contributed by atoms with Crippen LogP contribution in [0.15, 0.2) is 119 Å². The molecule has 0 aliphatic carbocycles. The van der Waals surface area contributed by atoms with Crippen molar-refractivity contribution < 1.29 is 28.6 Å². The molecule has 2 aliphatic rings. The van der Waals surface area contributed by atoms with Gasteiger partial charge < -0.3 is 29.8 Å². The van der Waals surface area contributed by atoms with E-state index in [0.717, 1.165) is 22.3 Å². The summed E-state index contributed by atoms with van der Waals surface area (Å²) in [6.07, 6.45) is 6.96. The van der Waals surface area contributed by atoms with Gasteiger partial charge in [0, 0.05) is 112 Å². The Morgan fingerprint density at radius 3 is 1.27 bits per heavy atom. The molecule has 10 rings (SSSR count). The van der Waals surface area contributed by atoms with Crippen molar-refractivity contribution in [2.45, 2.75) is 51.9 Å². The van der Waals surface area contributed by atoms with Crippen molar-refractivity contribution in [3.05, 3.63) is 153 Å². The predicted octanol–water partition coefficient (Wildman–Crippen LogP) is 5.15. The topological polar surface area (TPSA) is 193 Å². The van der Waals surface area contributed by atoms with E-state index in [4.69, 9.17) is 10.2 Å². The molecule has 384 valence electrons. The van der Waals surface area contributed by atoms with Gasteiger partial charge in [-0.2, -0.15) is 0 Å². The number of anilines is 2. The fraction of sp³-hybridized carbons (Fsp3) is 0.333. The molecule has 6 heterocycles. The van der Waals surface area contributed by atoms with Gasteiger partial charge in [0.05, 0.1) is 33.9 Å². The summed E-state index contributed by atoms with van der Waals surface area (Å²) in [5.41, 5.74) is 5.35. The van der Waals surface area contributed by atoms with Crippen LogP contribution in [-0.4, -0.2) is 135 Å². The predicted molar refractivity (Wildman–Crippen MR) is 278 cm³/mol. The molecule has 0 saturated carbocycles. The molecule has 8 aromatic rings. The quantitative estimate of drug-likeness (QED) is 0.184. The van der Waals surface area contributed by atoms with Gasteiger partial charge in [-0.15, -0.1) is 0 Å². The van der Waals surface area contributed by atoms with Crippen molar-refractivity contribution in [2.75, 3.05) is 62.3 Å². The molecule has 0 spiro atoms. The van der Waals surface area contributed by atoms with Crippen LogP contribution in [-0.2, 0) is 23.7 Å². The zero-order chi connectivity index (χ0) is 52.5. The lowest BCUT2D eigenvalue weighted by Gasteiger charge is -2.39. The lowest BCUT2D eigenvalue weighted by molar-refractivity contribution is -0.137. The van der Waals surface area contributed by atoms with E-state index in [0.29, 0.717) is 84.1 Å². The van der Waals surface area contributed by atoms with Crippen LogP contribution in [0.2, 0.25) is 0 Å². The molecule has 0 bridgehead atoms. The fourth-order valence-corrected chi connectivity index (χ4v) is 10.3. The zero-order valence-corrected chi connectivity index (χ0v) is 42.0. The largest absolute Gasteiger partial charge is 0.387 e. The Balaban J connectivity index is 0.000000182. The van der Waals surface area contributed by atoms with E-state index in [2.05, 4.69) is 19.9 Å². The van der Waals surface area contributed by atoms with Gasteiger partial charge in [-0.1, -0.05) is 48.5 Å². The Hall–Kier alpha value is -8.10. The summed E-state index contributed by atoms with van der Waals surface area (Å²) < 4.78 is 35.8. The molecule has 2 saturated heterocycles. The average molecular weight is 1010 g/mol. The zero-order valence-electron chi connectivity index (χ0n) is 42.0. The summed E-state index contributed by atoms with van der Waals surface area (Å²) >= 11 is 0. The highest BCUT2D eigenvalue weighted by atomic mass is 19.1. The number of rotatable bonds is 10. The number of aliphatic hydroxyl groups is 2. The number of carbonyl (C=O) groups is 2. The van der Waals surface area contributed by atoms with Gasteiger partial charge in [0.1, 0.15) is 24.8 Å². The molecule has 0 radical (unpaired) electrons. The number of aliphatic hydroxyl groups excluding tert-OH is 2. The minimum Gasteiger partial charge on any atom is -0.387 e. The molecule has 4 aromatic heterocycles. The molecular formula is C54H58F2N12O6. The van der Waals surface area contributed by atoms with Crippen LogP contribution in [0.5, 0.6) is 0 Å². The van der Waals surface area contributed by atoms with Crippen LogP contribution in [0, 0.1) is 11.6 Å². The molecule has 4 aromatic carbocycles. The number of carbonyl (C=O) groups excluding carboxylic acids is 2. The molecule has 1 unspecified atom stereocenters. The first-order valence-electron chi connectivity index (χ1n) is 24.5. The van der Waals surface area contributed by atoms with Crippen LogP contribution in [0.4, 0.5) is 20.7 Å². The van der Waals surface area contributed by atoms with Crippen LogP contribution in [0.3, 0.4) is 0 Å². The minimum atomic E-state index is -0.492. The number of halogens is 2. The van der Waals surface area contributed by atoms with Crippen molar-refractivity contribution in [1.29, 1.82) is 0 Å². The Bertz CT molecular complexity index is 3260. The first-order chi connectivity index (χ1) is 35.6. The second kappa shape index (κ2) is 21.2. The highest BCUT2D eigenvalue weighted by molar-refractivity contribution is 5.86. The van der Waals surface area contributed by atoms with Crippen molar-refractivity contribution >= 4 is 45.5 Å². The van der Waals surface area contributed by atoms with E-state index < -0.39 is 25.3 Å². The third kappa shape index (κ3) is 9.65. The molecule has 2 fully saturated rings. The lowest BCUT2D eigenvalue weighted by Crippen LogP contribution is -2.55. The van der Waals surface area contributed by atoms with Crippen molar-refractivity contribution in [2.24, 2.45) is 14.1 Å². The van der Waals surface area contributed by atoms with Gasteiger partial charge in [0.25, 0.3) is 11.1 Å². The summed E-state index contributed by atoms with van der Waals surface area (Å²) in [5, 5.41) is 19.4. The smallest absolute Gasteiger partial charge is 0.274 e. The van der Waals surface area contributed by atoms with E-state index in [1.807, 2.05) is 71.1 Å². The molecule has 2 aliphatic heterocycles. The van der Waals surface area contributed by atoms with Crippen LogP contribution in [0.25, 0.3) is 44.1 Å². The minimum absolute atomic E-state index is 0.0645. The van der Waals surface area contributed by atoms with E-state index in [9.17, 15) is 28.0 Å². The van der Waals surface area contributed by atoms with E-state index in [1.54, 1.807) is 97.2 Å². The van der Waals surface area contributed by atoms with Gasteiger partial charge in [0.15, 0.2) is 0 Å². The molecule has 2 N–H and O–H groups in total. The third-order valence-corrected chi connectivity index (χ3v) is 14.3. The van der Waals surface area contributed by atoms with Gasteiger partial charge in [-0.05, 0) is 75.2 Å². The Kier molecular flexibility index (Phi) is 14.5.